The van der Waals surface area contributed by atoms with Crippen LogP contribution in [0.2, 0.25) is 0 Å². The average molecular weight is 271 g/mol. The lowest BCUT2D eigenvalue weighted by molar-refractivity contribution is -0.0645. The van der Waals surface area contributed by atoms with Crippen LogP contribution < -0.4 is 5.73 Å². The van der Waals surface area contributed by atoms with Gasteiger partial charge in [0.05, 0.1) is 11.6 Å². The Hall–Kier alpha value is -1.38. The van der Waals surface area contributed by atoms with Gasteiger partial charge >= 0.3 is 0 Å². The second kappa shape index (κ2) is 6.38. The lowest BCUT2D eigenvalue weighted by atomic mass is 9.84. The molecule has 2 rings (SSSR count). The van der Waals surface area contributed by atoms with Crippen LogP contribution in [0.25, 0.3) is 10.8 Å². The Morgan fingerprint density at radius 3 is 2.25 bits per heavy atom. The Morgan fingerprint density at radius 2 is 1.65 bits per heavy atom. The van der Waals surface area contributed by atoms with Crippen molar-refractivity contribution in [3.63, 3.8) is 0 Å². The predicted molar refractivity (Wildman–Crippen MR) is 85.8 cm³/mol. The lowest BCUT2D eigenvalue weighted by Crippen LogP contribution is -2.43. The molecule has 1 unspecified atom stereocenters. The van der Waals surface area contributed by atoms with Crippen molar-refractivity contribution in [1.82, 2.24) is 0 Å². The molecule has 2 nitrogen and oxygen atoms in total. The Balaban J connectivity index is 2.40. The normalized spacial score (nSPS) is 13.6. The molecule has 1 atom stereocenters. The summed E-state index contributed by atoms with van der Waals surface area (Å²) in [6.07, 6.45) is 1.84. The third kappa shape index (κ3) is 2.72. The summed E-state index contributed by atoms with van der Waals surface area (Å²) in [5, 5.41) is 2.48. The van der Waals surface area contributed by atoms with Gasteiger partial charge in [0.2, 0.25) is 0 Å². The summed E-state index contributed by atoms with van der Waals surface area (Å²) in [6, 6.07) is 14.8. The number of fused-ring (bicyclic) bond motifs is 1. The topological polar surface area (TPSA) is 35.2 Å². The highest BCUT2D eigenvalue weighted by atomic mass is 16.5. The minimum absolute atomic E-state index is 0.0953. The van der Waals surface area contributed by atoms with E-state index in [1.54, 1.807) is 0 Å². The van der Waals surface area contributed by atoms with E-state index in [1.807, 2.05) is 6.92 Å². The molecule has 0 heterocycles. The van der Waals surface area contributed by atoms with Crippen molar-refractivity contribution >= 4 is 10.8 Å². The van der Waals surface area contributed by atoms with Gasteiger partial charge in [-0.2, -0.15) is 0 Å². The molecule has 2 heteroatoms. The molecule has 0 amide bonds. The van der Waals surface area contributed by atoms with Crippen molar-refractivity contribution < 1.29 is 4.74 Å². The van der Waals surface area contributed by atoms with Crippen LogP contribution in [0.1, 0.15) is 45.2 Å². The maximum atomic E-state index is 6.55. The van der Waals surface area contributed by atoms with E-state index in [2.05, 4.69) is 56.3 Å². The summed E-state index contributed by atoms with van der Waals surface area (Å²) >= 11 is 0. The molecule has 2 N–H and O–H groups in total. The van der Waals surface area contributed by atoms with E-state index >= 15 is 0 Å². The van der Waals surface area contributed by atoms with Gasteiger partial charge in [-0.1, -0.05) is 50.2 Å². The standard InChI is InChI=1S/C18H25NO/c1-4-18(5-2,20-6-3)17(19)16-12-11-14-9-7-8-10-15(14)13-16/h7-13,17H,4-6,19H2,1-3H3. The van der Waals surface area contributed by atoms with Gasteiger partial charge in [-0.05, 0) is 42.2 Å². The second-order valence-electron chi connectivity index (χ2n) is 5.29. The molecule has 108 valence electrons. The smallest absolute Gasteiger partial charge is 0.0868 e. The van der Waals surface area contributed by atoms with Crippen LogP contribution in [0.15, 0.2) is 42.5 Å². The maximum absolute atomic E-state index is 6.55. The largest absolute Gasteiger partial charge is 0.373 e. The molecule has 0 aromatic heterocycles. The number of hydrogen-bond donors (Lipinski definition) is 1. The molecule has 2 aromatic rings. The van der Waals surface area contributed by atoms with Crippen molar-refractivity contribution in [2.24, 2.45) is 5.73 Å². The molecule has 2 aromatic carbocycles. The quantitative estimate of drug-likeness (QED) is 0.843. The van der Waals surface area contributed by atoms with Crippen molar-refractivity contribution in [3.05, 3.63) is 48.0 Å². The highest BCUT2D eigenvalue weighted by molar-refractivity contribution is 5.83. The Kier molecular flexibility index (Phi) is 4.79. The zero-order chi connectivity index (χ0) is 14.6. The highest BCUT2D eigenvalue weighted by Crippen LogP contribution is 2.34. The van der Waals surface area contributed by atoms with Gasteiger partial charge in [0, 0.05) is 6.61 Å². The Morgan fingerprint density at radius 1 is 1.00 bits per heavy atom. The fourth-order valence-electron chi connectivity index (χ4n) is 2.98. The van der Waals surface area contributed by atoms with Crippen molar-refractivity contribution in [1.29, 1.82) is 0 Å². The van der Waals surface area contributed by atoms with Crippen LogP contribution >= 0.6 is 0 Å². The molecule has 20 heavy (non-hydrogen) atoms. The first-order chi connectivity index (χ1) is 9.66. The van der Waals surface area contributed by atoms with Crippen LogP contribution in [0.4, 0.5) is 0 Å². The number of benzene rings is 2. The third-order valence-electron chi connectivity index (χ3n) is 4.33. The molecule has 0 radical (unpaired) electrons. The highest BCUT2D eigenvalue weighted by Gasteiger charge is 2.35. The van der Waals surface area contributed by atoms with Gasteiger partial charge in [0.25, 0.3) is 0 Å². The third-order valence-corrected chi connectivity index (χ3v) is 4.33. The van der Waals surface area contributed by atoms with E-state index in [9.17, 15) is 0 Å². The van der Waals surface area contributed by atoms with Crippen LogP contribution in [-0.4, -0.2) is 12.2 Å². The van der Waals surface area contributed by atoms with Crippen molar-refractivity contribution in [2.45, 2.75) is 45.3 Å². The number of ether oxygens (including phenoxy) is 1. The van der Waals surface area contributed by atoms with Crippen LogP contribution in [0.3, 0.4) is 0 Å². The van der Waals surface area contributed by atoms with E-state index in [1.165, 1.54) is 10.8 Å². The molecular weight excluding hydrogens is 246 g/mol. The number of nitrogens with two attached hydrogens (primary N) is 1. The summed E-state index contributed by atoms with van der Waals surface area (Å²) in [5.74, 6) is 0. The fraction of sp³-hybridized carbons (Fsp3) is 0.444. The zero-order valence-corrected chi connectivity index (χ0v) is 12.7. The van der Waals surface area contributed by atoms with E-state index in [0.29, 0.717) is 6.61 Å². The Bertz CT molecular complexity index is 560. The van der Waals surface area contributed by atoms with E-state index < -0.39 is 0 Å². The monoisotopic (exact) mass is 271 g/mol. The number of hydrogen-bond acceptors (Lipinski definition) is 2. The second-order valence-corrected chi connectivity index (χ2v) is 5.29. The van der Waals surface area contributed by atoms with Gasteiger partial charge in [-0.3, -0.25) is 0 Å². The molecular formula is C18H25NO. The van der Waals surface area contributed by atoms with Gasteiger partial charge in [0.15, 0.2) is 0 Å². The molecule has 0 bridgehead atoms. The minimum atomic E-state index is -0.267. The minimum Gasteiger partial charge on any atom is -0.373 e. The van der Waals surface area contributed by atoms with Crippen LogP contribution in [-0.2, 0) is 4.74 Å². The van der Waals surface area contributed by atoms with E-state index in [4.69, 9.17) is 10.5 Å². The first-order valence-corrected chi connectivity index (χ1v) is 7.55. The summed E-state index contributed by atoms with van der Waals surface area (Å²) in [6.45, 7) is 7.04. The predicted octanol–water partition coefficient (Wildman–Crippen LogP) is 4.43. The van der Waals surface area contributed by atoms with Crippen molar-refractivity contribution in [3.8, 4) is 0 Å². The summed E-state index contributed by atoms with van der Waals surface area (Å²) in [5.41, 5.74) is 7.43. The molecule has 0 fully saturated rings. The van der Waals surface area contributed by atoms with Gasteiger partial charge < -0.3 is 10.5 Å². The molecule has 0 saturated heterocycles. The Labute approximate surface area is 121 Å². The van der Waals surface area contributed by atoms with E-state index in [-0.39, 0.29) is 11.6 Å². The summed E-state index contributed by atoms with van der Waals surface area (Å²) < 4.78 is 6.03. The van der Waals surface area contributed by atoms with Crippen molar-refractivity contribution in [2.75, 3.05) is 6.61 Å². The molecule has 0 aliphatic rings. The zero-order valence-electron chi connectivity index (χ0n) is 12.7. The average Bonchev–Trinajstić information content (AvgIpc) is 2.51. The lowest BCUT2D eigenvalue weighted by Gasteiger charge is -2.37. The fourth-order valence-corrected chi connectivity index (χ4v) is 2.98. The SMILES string of the molecule is CCOC(CC)(CC)C(N)c1ccc2ccccc2c1. The molecule has 0 saturated carbocycles. The summed E-state index contributed by atoms with van der Waals surface area (Å²) in [4.78, 5) is 0. The maximum Gasteiger partial charge on any atom is 0.0868 e. The summed E-state index contributed by atoms with van der Waals surface area (Å²) in [7, 11) is 0. The molecule has 0 spiro atoms. The molecule has 0 aliphatic carbocycles. The first kappa shape index (κ1) is 15.0. The van der Waals surface area contributed by atoms with Crippen LogP contribution in [0, 0.1) is 0 Å². The van der Waals surface area contributed by atoms with Crippen LogP contribution in [0.5, 0.6) is 0 Å². The van der Waals surface area contributed by atoms with Gasteiger partial charge in [0.1, 0.15) is 0 Å². The first-order valence-electron chi connectivity index (χ1n) is 7.55. The number of rotatable bonds is 6. The van der Waals surface area contributed by atoms with E-state index in [0.717, 1.165) is 18.4 Å². The van der Waals surface area contributed by atoms with Gasteiger partial charge in [-0.15, -0.1) is 0 Å². The molecule has 0 aliphatic heterocycles. The van der Waals surface area contributed by atoms with Gasteiger partial charge in [-0.25, -0.2) is 0 Å².